The number of carbonyl (C=O) groups is 2. The normalized spacial score (nSPS) is 11.1. The Labute approximate surface area is 150 Å². The van der Waals surface area contributed by atoms with Crippen LogP contribution in [0.4, 0.5) is 5.69 Å². The van der Waals surface area contributed by atoms with Crippen molar-refractivity contribution in [2.45, 2.75) is 13.8 Å². The van der Waals surface area contributed by atoms with Crippen LogP contribution in [0.25, 0.3) is 5.70 Å². The molecule has 0 atom stereocenters. The predicted octanol–water partition coefficient (Wildman–Crippen LogP) is 2.70. The molecule has 0 saturated carbocycles. The number of methoxy groups -OCH3 is 2. The first-order valence-corrected chi connectivity index (χ1v) is 7.83. The van der Waals surface area contributed by atoms with E-state index in [-0.39, 0.29) is 5.70 Å². The zero-order valence-corrected chi connectivity index (χ0v) is 15.2. The molecule has 25 heavy (non-hydrogen) atoms. The van der Waals surface area contributed by atoms with Crippen molar-refractivity contribution in [2.24, 2.45) is 0 Å². The minimum atomic E-state index is -0.693. The third-order valence-corrected chi connectivity index (χ3v) is 4.05. The van der Waals surface area contributed by atoms with Gasteiger partial charge in [0.1, 0.15) is 5.70 Å². The number of benzene rings is 1. The van der Waals surface area contributed by atoms with Gasteiger partial charge in [0, 0.05) is 5.69 Å². The summed E-state index contributed by atoms with van der Waals surface area (Å²) in [6, 6.07) is 9.46. The number of hydrogen-bond acceptors (Lipinski definition) is 6. The first kappa shape index (κ1) is 18.5. The molecular weight excluding hydrogens is 342 g/mol. The number of nitrogens with one attached hydrogen (secondary N) is 1. The fourth-order valence-corrected chi connectivity index (χ4v) is 2.68. The number of ether oxygens (including phenoxy) is 2. The van der Waals surface area contributed by atoms with E-state index in [4.69, 9.17) is 17.0 Å². The second-order valence-corrected chi connectivity index (χ2v) is 5.51. The standard InChI is InChI=1S/C17H19N3O4S/c1-11-12(2)20(18-13-8-6-5-7-9-13)17(25)19(11)14(16(22)24-4)10-15(21)23-3/h5-10,18H,1-4H3/b14-10-. The average molecular weight is 361 g/mol. The van der Waals surface area contributed by atoms with E-state index in [0.717, 1.165) is 17.5 Å². The highest BCUT2D eigenvalue weighted by Gasteiger charge is 2.21. The maximum atomic E-state index is 12.2. The molecule has 2 aromatic rings. The molecule has 0 radical (unpaired) electrons. The highest BCUT2D eigenvalue weighted by molar-refractivity contribution is 7.71. The molecule has 0 unspecified atom stereocenters. The van der Waals surface area contributed by atoms with Crippen LogP contribution in [-0.4, -0.2) is 35.4 Å². The number of hydrogen-bond donors (Lipinski definition) is 1. The van der Waals surface area contributed by atoms with E-state index in [0.29, 0.717) is 10.5 Å². The van der Waals surface area contributed by atoms with Crippen LogP contribution in [-0.2, 0) is 19.1 Å². The molecule has 0 aliphatic carbocycles. The molecule has 132 valence electrons. The van der Waals surface area contributed by atoms with Crippen LogP contribution in [0.15, 0.2) is 36.4 Å². The van der Waals surface area contributed by atoms with Crippen LogP contribution in [0, 0.1) is 18.6 Å². The highest BCUT2D eigenvalue weighted by Crippen LogP contribution is 2.19. The summed E-state index contributed by atoms with van der Waals surface area (Å²) in [5.41, 5.74) is 5.46. The lowest BCUT2D eigenvalue weighted by molar-refractivity contribution is -0.137. The number of para-hydroxylation sites is 1. The predicted molar refractivity (Wildman–Crippen MR) is 96.5 cm³/mol. The van der Waals surface area contributed by atoms with Crippen molar-refractivity contribution in [3.8, 4) is 0 Å². The van der Waals surface area contributed by atoms with Crippen molar-refractivity contribution >= 4 is 35.5 Å². The molecule has 8 heteroatoms. The zero-order chi connectivity index (χ0) is 18.6. The lowest BCUT2D eigenvalue weighted by atomic mass is 10.3. The quantitative estimate of drug-likeness (QED) is 0.501. The molecular formula is C17H19N3O4S. The van der Waals surface area contributed by atoms with E-state index in [1.165, 1.54) is 18.8 Å². The Balaban J connectivity index is 2.60. The number of aromatic nitrogens is 2. The lowest BCUT2D eigenvalue weighted by Crippen LogP contribution is -2.16. The van der Waals surface area contributed by atoms with Gasteiger partial charge in [0.2, 0.25) is 4.77 Å². The molecule has 1 aromatic heterocycles. The fourth-order valence-electron chi connectivity index (χ4n) is 2.26. The molecule has 7 nitrogen and oxygen atoms in total. The van der Waals surface area contributed by atoms with Crippen LogP contribution in [0.3, 0.4) is 0 Å². The largest absolute Gasteiger partial charge is 0.466 e. The van der Waals surface area contributed by atoms with Crippen LogP contribution in [0.5, 0.6) is 0 Å². The van der Waals surface area contributed by atoms with Gasteiger partial charge in [-0.05, 0) is 38.2 Å². The molecule has 1 aromatic carbocycles. The van der Waals surface area contributed by atoms with Gasteiger partial charge < -0.3 is 9.47 Å². The van der Waals surface area contributed by atoms with Crippen LogP contribution < -0.4 is 5.43 Å². The monoisotopic (exact) mass is 361 g/mol. The minimum Gasteiger partial charge on any atom is -0.466 e. The van der Waals surface area contributed by atoms with Gasteiger partial charge in [-0.15, -0.1) is 0 Å². The maximum Gasteiger partial charge on any atom is 0.355 e. The molecule has 0 spiro atoms. The van der Waals surface area contributed by atoms with Gasteiger partial charge in [-0.1, -0.05) is 18.2 Å². The first-order valence-electron chi connectivity index (χ1n) is 7.42. The van der Waals surface area contributed by atoms with Crippen LogP contribution in [0.2, 0.25) is 0 Å². The molecule has 1 N–H and O–H groups in total. The summed E-state index contributed by atoms with van der Waals surface area (Å²) in [6.07, 6.45) is 1.06. The van der Waals surface area contributed by atoms with Crippen molar-refractivity contribution in [1.29, 1.82) is 0 Å². The van der Waals surface area contributed by atoms with Crippen LogP contribution >= 0.6 is 12.2 Å². The summed E-state index contributed by atoms with van der Waals surface area (Å²) in [4.78, 5) is 23.8. The Morgan fingerprint density at radius 3 is 2.28 bits per heavy atom. The van der Waals surface area contributed by atoms with E-state index >= 15 is 0 Å². The summed E-state index contributed by atoms with van der Waals surface area (Å²) < 4.78 is 12.8. The molecule has 0 amide bonds. The number of carbonyl (C=O) groups excluding carboxylic acids is 2. The van der Waals surface area contributed by atoms with E-state index in [9.17, 15) is 9.59 Å². The van der Waals surface area contributed by atoms with Gasteiger partial charge in [0.05, 0.1) is 31.7 Å². The van der Waals surface area contributed by atoms with E-state index in [2.05, 4.69) is 10.2 Å². The van der Waals surface area contributed by atoms with Gasteiger partial charge in [0.15, 0.2) is 0 Å². The summed E-state index contributed by atoms with van der Waals surface area (Å²) in [7, 11) is 2.46. The van der Waals surface area contributed by atoms with Crippen molar-refractivity contribution in [3.63, 3.8) is 0 Å². The zero-order valence-electron chi connectivity index (χ0n) is 14.4. The Hall–Kier alpha value is -2.87. The number of anilines is 1. The Morgan fingerprint density at radius 1 is 1.08 bits per heavy atom. The highest BCUT2D eigenvalue weighted by atomic mass is 32.1. The minimum absolute atomic E-state index is 0.0199. The molecule has 0 aliphatic heterocycles. The Kier molecular flexibility index (Phi) is 5.76. The summed E-state index contributed by atoms with van der Waals surface area (Å²) in [5.74, 6) is -1.37. The summed E-state index contributed by atoms with van der Waals surface area (Å²) in [5, 5.41) is 0. The van der Waals surface area contributed by atoms with Crippen molar-refractivity contribution in [1.82, 2.24) is 9.24 Å². The summed E-state index contributed by atoms with van der Waals surface area (Å²) in [6.45, 7) is 3.65. The van der Waals surface area contributed by atoms with Crippen LogP contribution in [0.1, 0.15) is 11.4 Å². The Bertz CT molecular complexity index is 881. The van der Waals surface area contributed by atoms with E-state index in [1.807, 2.05) is 37.3 Å². The smallest absolute Gasteiger partial charge is 0.355 e. The lowest BCUT2D eigenvalue weighted by Gasteiger charge is -2.10. The summed E-state index contributed by atoms with van der Waals surface area (Å²) >= 11 is 5.49. The average Bonchev–Trinajstić information content (AvgIpc) is 2.83. The number of imidazole rings is 1. The molecule has 0 saturated heterocycles. The second-order valence-electron chi connectivity index (χ2n) is 5.15. The van der Waals surface area contributed by atoms with Gasteiger partial charge in [-0.2, -0.15) is 0 Å². The van der Waals surface area contributed by atoms with E-state index in [1.54, 1.807) is 11.6 Å². The molecule has 2 rings (SSSR count). The van der Waals surface area contributed by atoms with Crippen molar-refractivity contribution in [3.05, 3.63) is 52.6 Å². The molecule has 0 aliphatic rings. The number of nitrogens with zero attached hydrogens (tertiary/aromatic N) is 2. The second kappa shape index (κ2) is 7.80. The SMILES string of the molecule is COC(=O)/C=C(/C(=O)OC)n1c(C)c(C)n(Nc2ccccc2)c1=S. The third-order valence-electron chi connectivity index (χ3n) is 3.68. The number of esters is 2. The maximum absolute atomic E-state index is 12.2. The molecule has 0 bridgehead atoms. The Morgan fingerprint density at radius 2 is 1.72 bits per heavy atom. The molecule has 1 heterocycles. The topological polar surface area (TPSA) is 74.5 Å². The van der Waals surface area contributed by atoms with Gasteiger partial charge in [0.25, 0.3) is 0 Å². The number of rotatable bonds is 5. The third kappa shape index (κ3) is 3.80. The van der Waals surface area contributed by atoms with Crippen molar-refractivity contribution < 1.29 is 19.1 Å². The van der Waals surface area contributed by atoms with Gasteiger partial charge >= 0.3 is 11.9 Å². The van der Waals surface area contributed by atoms with Gasteiger partial charge in [-0.3, -0.25) is 9.99 Å². The van der Waals surface area contributed by atoms with E-state index < -0.39 is 11.9 Å². The van der Waals surface area contributed by atoms with Crippen molar-refractivity contribution in [2.75, 3.05) is 19.6 Å². The fraction of sp³-hybridized carbons (Fsp3) is 0.235. The van der Waals surface area contributed by atoms with Gasteiger partial charge in [-0.25, -0.2) is 14.3 Å². The molecule has 0 fully saturated rings. The first-order chi connectivity index (χ1) is 11.9.